The van der Waals surface area contributed by atoms with Gasteiger partial charge in [-0.25, -0.2) is 0 Å². The molecule has 2 atom stereocenters. The molecule has 25 heavy (non-hydrogen) atoms. The zero-order chi connectivity index (χ0) is 18.2. The van der Waals surface area contributed by atoms with E-state index in [1.807, 2.05) is 29.2 Å². The van der Waals surface area contributed by atoms with Crippen LogP contribution in [0.5, 0.6) is 5.75 Å². The fraction of sp³-hybridized carbons (Fsp3) is 0.600. The molecule has 0 bridgehead atoms. The summed E-state index contributed by atoms with van der Waals surface area (Å²) >= 11 is 0. The molecule has 2 rings (SSSR count). The summed E-state index contributed by atoms with van der Waals surface area (Å²) in [4.78, 5) is 26.7. The van der Waals surface area contributed by atoms with E-state index in [9.17, 15) is 9.59 Å². The third kappa shape index (κ3) is 5.48. The Hall–Kier alpha value is -2.04. The van der Waals surface area contributed by atoms with Gasteiger partial charge in [-0.3, -0.25) is 9.59 Å². The average Bonchev–Trinajstić information content (AvgIpc) is 3.42. The summed E-state index contributed by atoms with van der Waals surface area (Å²) in [5.41, 5.74) is 1.13. The SMILES string of the molecule is CCCN(CCC)C(=O)C1CC1C(=O)NCCc1cccc(OC)c1. The van der Waals surface area contributed by atoms with E-state index >= 15 is 0 Å². The van der Waals surface area contributed by atoms with Gasteiger partial charge in [0.2, 0.25) is 11.8 Å². The summed E-state index contributed by atoms with van der Waals surface area (Å²) in [5, 5.41) is 2.97. The highest BCUT2D eigenvalue weighted by Gasteiger charge is 2.49. The van der Waals surface area contributed by atoms with E-state index in [2.05, 4.69) is 19.2 Å². The van der Waals surface area contributed by atoms with Crippen LogP contribution in [0.1, 0.15) is 38.7 Å². The maximum Gasteiger partial charge on any atom is 0.226 e. The van der Waals surface area contributed by atoms with E-state index in [1.54, 1.807) is 7.11 Å². The van der Waals surface area contributed by atoms with Gasteiger partial charge in [0, 0.05) is 19.6 Å². The van der Waals surface area contributed by atoms with Gasteiger partial charge in [-0.15, -0.1) is 0 Å². The molecule has 0 radical (unpaired) electrons. The molecule has 1 aliphatic carbocycles. The molecule has 1 aromatic carbocycles. The zero-order valence-electron chi connectivity index (χ0n) is 15.6. The quantitative estimate of drug-likeness (QED) is 0.708. The van der Waals surface area contributed by atoms with Crippen LogP contribution in [0.25, 0.3) is 0 Å². The number of benzene rings is 1. The van der Waals surface area contributed by atoms with Crippen LogP contribution in [0.4, 0.5) is 0 Å². The molecule has 2 unspecified atom stereocenters. The molecule has 1 N–H and O–H groups in total. The van der Waals surface area contributed by atoms with Crippen LogP contribution >= 0.6 is 0 Å². The minimum absolute atomic E-state index is 0.00851. The number of ether oxygens (including phenoxy) is 1. The van der Waals surface area contributed by atoms with Gasteiger partial charge >= 0.3 is 0 Å². The number of hydrogen-bond donors (Lipinski definition) is 1. The lowest BCUT2D eigenvalue weighted by atomic mass is 10.1. The lowest BCUT2D eigenvalue weighted by molar-refractivity contribution is -0.134. The van der Waals surface area contributed by atoms with Crippen LogP contribution in [0.15, 0.2) is 24.3 Å². The molecule has 0 saturated heterocycles. The Balaban J connectivity index is 1.76. The second-order valence-corrected chi connectivity index (χ2v) is 6.67. The first-order valence-electron chi connectivity index (χ1n) is 9.30. The predicted octanol–water partition coefficient (Wildman–Crippen LogP) is 2.64. The average molecular weight is 346 g/mol. The highest BCUT2D eigenvalue weighted by molar-refractivity contribution is 5.92. The molecule has 5 nitrogen and oxygen atoms in total. The number of nitrogens with zero attached hydrogens (tertiary/aromatic N) is 1. The van der Waals surface area contributed by atoms with E-state index < -0.39 is 0 Å². The molecule has 1 fully saturated rings. The van der Waals surface area contributed by atoms with Crippen molar-refractivity contribution < 1.29 is 14.3 Å². The van der Waals surface area contributed by atoms with Crippen LogP contribution in [0, 0.1) is 11.8 Å². The number of carbonyl (C=O) groups excluding carboxylic acids is 2. The summed E-state index contributed by atoms with van der Waals surface area (Å²) in [5.74, 6) is 0.721. The Kier molecular flexibility index (Phi) is 7.29. The van der Waals surface area contributed by atoms with Gasteiger partial charge in [-0.2, -0.15) is 0 Å². The summed E-state index contributed by atoms with van der Waals surface area (Å²) in [7, 11) is 1.64. The first-order chi connectivity index (χ1) is 12.1. The molecule has 2 amide bonds. The third-order valence-corrected chi connectivity index (χ3v) is 4.59. The van der Waals surface area contributed by atoms with E-state index in [0.29, 0.717) is 13.0 Å². The number of methoxy groups -OCH3 is 1. The summed E-state index contributed by atoms with van der Waals surface area (Å²) < 4.78 is 5.20. The molecule has 1 aromatic rings. The standard InChI is InChI=1S/C20H30N2O3/c1-4-11-22(12-5-2)20(24)18-14-17(18)19(23)21-10-9-15-7-6-8-16(13-15)25-3/h6-8,13,17-18H,4-5,9-12,14H2,1-3H3,(H,21,23). The minimum atomic E-state index is -0.144. The van der Waals surface area contributed by atoms with Gasteiger partial charge in [-0.1, -0.05) is 26.0 Å². The largest absolute Gasteiger partial charge is 0.497 e. The normalized spacial score (nSPS) is 18.5. The highest BCUT2D eigenvalue weighted by atomic mass is 16.5. The molecule has 138 valence electrons. The molecule has 0 heterocycles. The van der Waals surface area contributed by atoms with Gasteiger partial charge < -0.3 is 15.0 Å². The number of nitrogens with one attached hydrogen (secondary N) is 1. The predicted molar refractivity (Wildman–Crippen MR) is 98.5 cm³/mol. The van der Waals surface area contributed by atoms with E-state index in [0.717, 1.165) is 43.7 Å². The molecular weight excluding hydrogens is 316 g/mol. The van der Waals surface area contributed by atoms with E-state index in [4.69, 9.17) is 4.74 Å². The van der Waals surface area contributed by atoms with Crippen molar-refractivity contribution in [2.24, 2.45) is 11.8 Å². The number of rotatable bonds is 10. The van der Waals surface area contributed by atoms with Crippen molar-refractivity contribution in [2.75, 3.05) is 26.7 Å². The van der Waals surface area contributed by atoms with Gasteiger partial charge in [0.25, 0.3) is 0 Å². The van der Waals surface area contributed by atoms with Crippen molar-refractivity contribution >= 4 is 11.8 Å². The van der Waals surface area contributed by atoms with Crippen LogP contribution in [0.3, 0.4) is 0 Å². The van der Waals surface area contributed by atoms with Gasteiger partial charge in [-0.05, 0) is 43.4 Å². The molecule has 0 aromatic heterocycles. The van der Waals surface area contributed by atoms with Crippen molar-refractivity contribution in [1.29, 1.82) is 0 Å². The maximum absolute atomic E-state index is 12.5. The zero-order valence-corrected chi connectivity index (χ0v) is 15.6. The van der Waals surface area contributed by atoms with Crippen LogP contribution in [0.2, 0.25) is 0 Å². The maximum atomic E-state index is 12.5. The Bertz CT molecular complexity index is 582. The van der Waals surface area contributed by atoms with Crippen LogP contribution in [-0.2, 0) is 16.0 Å². The highest BCUT2D eigenvalue weighted by Crippen LogP contribution is 2.40. The van der Waals surface area contributed by atoms with E-state index in [-0.39, 0.29) is 23.7 Å². The van der Waals surface area contributed by atoms with Crippen molar-refractivity contribution in [3.63, 3.8) is 0 Å². The van der Waals surface area contributed by atoms with Crippen molar-refractivity contribution in [3.05, 3.63) is 29.8 Å². The van der Waals surface area contributed by atoms with Gasteiger partial charge in [0.05, 0.1) is 18.9 Å². The minimum Gasteiger partial charge on any atom is -0.497 e. The second kappa shape index (κ2) is 9.44. The van der Waals surface area contributed by atoms with Crippen molar-refractivity contribution in [1.82, 2.24) is 10.2 Å². The van der Waals surface area contributed by atoms with Crippen LogP contribution in [-0.4, -0.2) is 43.5 Å². The first-order valence-corrected chi connectivity index (χ1v) is 9.30. The lowest BCUT2D eigenvalue weighted by Gasteiger charge is -2.21. The van der Waals surface area contributed by atoms with Crippen LogP contribution < -0.4 is 10.1 Å². The Morgan fingerprint density at radius 1 is 1.20 bits per heavy atom. The van der Waals surface area contributed by atoms with E-state index in [1.165, 1.54) is 0 Å². The first kappa shape index (κ1) is 19.3. The van der Waals surface area contributed by atoms with Gasteiger partial charge in [0.1, 0.15) is 5.75 Å². The fourth-order valence-corrected chi connectivity index (χ4v) is 3.15. The summed E-state index contributed by atoms with van der Waals surface area (Å²) in [6, 6.07) is 7.84. The molecule has 1 aliphatic rings. The van der Waals surface area contributed by atoms with Gasteiger partial charge in [0.15, 0.2) is 0 Å². The monoisotopic (exact) mass is 346 g/mol. The number of carbonyl (C=O) groups is 2. The Labute approximate surface area is 150 Å². The molecule has 0 spiro atoms. The summed E-state index contributed by atoms with van der Waals surface area (Å²) in [6.07, 6.45) is 3.35. The molecule has 1 saturated carbocycles. The molecular formula is C20H30N2O3. The summed E-state index contributed by atoms with van der Waals surface area (Å²) in [6.45, 7) is 6.30. The Morgan fingerprint density at radius 3 is 2.56 bits per heavy atom. The topological polar surface area (TPSA) is 58.6 Å². The smallest absolute Gasteiger partial charge is 0.226 e. The Morgan fingerprint density at radius 2 is 1.92 bits per heavy atom. The fourth-order valence-electron chi connectivity index (χ4n) is 3.15. The lowest BCUT2D eigenvalue weighted by Crippen LogP contribution is -2.35. The third-order valence-electron chi connectivity index (χ3n) is 4.59. The van der Waals surface area contributed by atoms with Crippen molar-refractivity contribution in [3.8, 4) is 5.75 Å². The van der Waals surface area contributed by atoms with Crippen molar-refractivity contribution in [2.45, 2.75) is 39.5 Å². The number of hydrogen-bond acceptors (Lipinski definition) is 3. The molecule has 5 heteroatoms. The second-order valence-electron chi connectivity index (χ2n) is 6.67. The molecule has 0 aliphatic heterocycles. The number of amides is 2.